The summed E-state index contributed by atoms with van der Waals surface area (Å²) in [6, 6.07) is 16.6. The number of nitrogens with one attached hydrogen (secondary N) is 1. The van der Waals surface area contributed by atoms with Gasteiger partial charge in [0.15, 0.2) is 0 Å². The van der Waals surface area contributed by atoms with Crippen LogP contribution in [0, 0.1) is 18.3 Å². The lowest BCUT2D eigenvalue weighted by atomic mass is 10.0. The molecule has 0 fully saturated rings. The van der Waals surface area contributed by atoms with E-state index in [4.69, 9.17) is 9.47 Å². The van der Waals surface area contributed by atoms with E-state index in [2.05, 4.69) is 5.32 Å². The maximum absolute atomic E-state index is 12.8. The van der Waals surface area contributed by atoms with Gasteiger partial charge in [-0.2, -0.15) is 5.26 Å². The molecule has 2 aromatic carbocycles. The highest BCUT2D eigenvalue weighted by Gasteiger charge is 2.23. The summed E-state index contributed by atoms with van der Waals surface area (Å²) in [4.78, 5) is 25.5. The molecule has 0 saturated heterocycles. The first-order valence-corrected chi connectivity index (χ1v) is 10.8. The van der Waals surface area contributed by atoms with Crippen LogP contribution in [0.4, 0.5) is 5.00 Å². The number of nitriles is 1. The molecule has 6 nitrogen and oxygen atoms in total. The molecule has 32 heavy (non-hydrogen) atoms. The molecule has 1 amide bonds. The highest BCUT2D eigenvalue weighted by Crippen LogP contribution is 2.36. The second kappa shape index (κ2) is 10.4. The normalized spacial score (nSPS) is 10.9. The summed E-state index contributed by atoms with van der Waals surface area (Å²) < 4.78 is 10.3. The summed E-state index contributed by atoms with van der Waals surface area (Å²) >= 11 is 1.21. The van der Waals surface area contributed by atoms with E-state index in [1.807, 2.05) is 37.3 Å². The number of hydrogen-bond acceptors (Lipinski definition) is 6. The van der Waals surface area contributed by atoms with Gasteiger partial charge in [-0.15, -0.1) is 11.3 Å². The fraction of sp³-hybridized carbons (Fsp3) is 0.160. The van der Waals surface area contributed by atoms with Crippen LogP contribution in [-0.2, 0) is 9.53 Å². The summed E-state index contributed by atoms with van der Waals surface area (Å²) in [5.41, 5.74) is 3.46. The number of thiophene rings is 1. The second-order valence-corrected chi connectivity index (χ2v) is 7.72. The topological polar surface area (TPSA) is 88.4 Å². The highest BCUT2D eigenvalue weighted by molar-refractivity contribution is 7.15. The van der Waals surface area contributed by atoms with Gasteiger partial charge in [-0.25, -0.2) is 4.79 Å². The summed E-state index contributed by atoms with van der Waals surface area (Å²) in [5.74, 6) is -0.463. The SMILES string of the molecule is CCOC(=O)c1c(-c2ccc(C)cc2)csc1NC(=O)C(C#N)=Cc1ccc(OC)cc1. The number of anilines is 1. The zero-order chi connectivity index (χ0) is 23.1. The van der Waals surface area contributed by atoms with Crippen LogP contribution in [0.15, 0.2) is 59.5 Å². The molecular weight excluding hydrogens is 424 g/mol. The van der Waals surface area contributed by atoms with Crippen LogP contribution in [0.25, 0.3) is 17.2 Å². The quantitative estimate of drug-likeness (QED) is 0.296. The maximum atomic E-state index is 12.8. The molecule has 1 heterocycles. The number of ether oxygens (including phenoxy) is 2. The Bertz CT molecular complexity index is 1190. The van der Waals surface area contributed by atoms with Gasteiger partial charge >= 0.3 is 5.97 Å². The molecule has 0 bridgehead atoms. The van der Waals surface area contributed by atoms with Crippen molar-refractivity contribution >= 4 is 34.3 Å². The van der Waals surface area contributed by atoms with Gasteiger partial charge in [0.2, 0.25) is 0 Å². The minimum atomic E-state index is -0.605. The number of methoxy groups -OCH3 is 1. The summed E-state index contributed by atoms with van der Waals surface area (Å²) in [5, 5.41) is 14.4. The molecule has 0 atom stereocenters. The Kier molecular flexibility index (Phi) is 7.42. The largest absolute Gasteiger partial charge is 0.497 e. The molecule has 0 saturated carbocycles. The number of hydrogen-bond donors (Lipinski definition) is 1. The summed E-state index contributed by atoms with van der Waals surface area (Å²) in [6.45, 7) is 3.91. The Labute approximate surface area is 190 Å². The first-order valence-electron chi connectivity index (χ1n) is 9.89. The number of aryl methyl sites for hydroxylation is 1. The Hall–Kier alpha value is -3.89. The fourth-order valence-electron chi connectivity index (χ4n) is 2.99. The third kappa shape index (κ3) is 5.23. The van der Waals surface area contributed by atoms with Crippen molar-refractivity contribution in [3.63, 3.8) is 0 Å². The van der Waals surface area contributed by atoms with Gasteiger partial charge in [-0.3, -0.25) is 4.79 Å². The zero-order valence-electron chi connectivity index (χ0n) is 18.0. The van der Waals surface area contributed by atoms with E-state index >= 15 is 0 Å². The lowest BCUT2D eigenvalue weighted by Gasteiger charge is -2.09. The van der Waals surface area contributed by atoms with Crippen molar-refractivity contribution in [3.05, 3.63) is 76.2 Å². The van der Waals surface area contributed by atoms with E-state index in [9.17, 15) is 14.9 Å². The van der Waals surface area contributed by atoms with Crippen molar-refractivity contribution in [1.29, 1.82) is 5.26 Å². The number of esters is 1. The molecule has 0 aliphatic rings. The van der Waals surface area contributed by atoms with Crippen LogP contribution in [-0.4, -0.2) is 25.6 Å². The number of benzene rings is 2. The van der Waals surface area contributed by atoms with Crippen LogP contribution in [0.5, 0.6) is 5.75 Å². The Balaban J connectivity index is 1.93. The van der Waals surface area contributed by atoms with Crippen LogP contribution in [0.3, 0.4) is 0 Å². The lowest BCUT2D eigenvalue weighted by Crippen LogP contribution is -2.16. The van der Waals surface area contributed by atoms with Gasteiger partial charge in [0.05, 0.1) is 13.7 Å². The molecule has 0 unspecified atom stereocenters. The highest BCUT2D eigenvalue weighted by atomic mass is 32.1. The van der Waals surface area contributed by atoms with E-state index in [1.165, 1.54) is 17.4 Å². The van der Waals surface area contributed by atoms with E-state index < -0.39 is 11.9 Å². The van der Waals surface area contributed by atoms with Crippen molar-refractivity contribution in [1.82, 2.24) is 0 Å². The van der Waals surface area contributed by atoms with Gasteiger partial charge < -0.3 is 14.8 Å². The van der Waals surface area contributed by atoms with E-state index in [-0.39, 0.29) is 17.7 Å². The Morgan fingerprint density at radius 1 is 1.12 bits per heavy atom. The van der Waals surface area contributed by atoms with E-state index in [0.717, 1.165) is 11.1 Å². The first kappa shape index (κ1) is 22.8. The maximum Gasteiger partial charge on any atom is 0.341 e. The van der Waals surface area contributed by atoms with Gasteiger partial charge in [-0.05, 0) is 43.2 Å². The minimum absolute atomic E-state index is 0.0877. The number of carbonyl (C=O) groups is 2. The molecule has 0 radical (unpaired) electrons. The van der Waals surface area contributed by atoms with Gasteiger partial charge in [-0.1, -0.05) is 42.0 Å². The van der Waals surface area contributed by atoms with Crippen molar-refractivity contribution in [3.8, 4) is 22.9 Å². The summed E-state index contributed by atoms with van der Waals surface area (Å²) in [7, 11) is 1.56. The number of rotatable bonds is 7. The molecular formula is C25H22N2O4S. The predicted octanol–water partition coefficient (Wildman–Crippen LogP) is 5.45. The number of nitrogens with zero attached hydrogens (tertiary/aromatic N) is 1. The summed E-state index contributed by atoms with van der Waals surface area (Å²) in [6.07, 6.45) is 1.48. The van der Waals surface area contributed by atoms with Crippen LogP contribution >= 0.6 is 11.3 Å². The van der Waals surface area contributed by atoms with Crippen LogP contribution in [0.2, 0.25) is 0 Å². The molecule has 3 aromatic rings. The van der Waals surface area contributed by atoms with Crippen LogP contribution < -0.4 is 10.1 Å². The Morgan fingerprint density at radius 3 is 2.41 bits per heavy atom. The smallest absolute Gasteiger partial charge is 0.341 e. The molecule has 0 spiro atoms. The van der Waals surface area contributed by atoms with Gasteiger partial charge in [0.25, 0.3) is 5.91 Å². The molecule has 1 N–H and O–H groups in total. The van der Waals surface area contributed by atoms with Crippen LogP contribution in [0.1, 0.15) is 28.4 Å². The molecule has 0 aliphatic carbocycles. The predicted molar refractivity (Wildman–Crippen MR) is 126 cm³/mol. The standard InChI is InChI=1S/C25H22N2O4S/c1-4-31-25(29)22-21(18-9-5-16(2)6-10-18)15-32-24(22)27-23(28)19(14-26)13-17-7-11-20(30-3)12-8-17/h5-13,15H,4H2,1-3H3,(H,27,28). The molecule has 162 valence electrons. The van der Waals surface area contributed by atoms with Gasteiger partial charge in [0.1, 0.15) is 28.0 Å². The average molecular weight is 447 g/mol. The Morgan fingerprint density at radius 2 is 1.81 bits per heavy atom. The molecule has 3 rings (SSSR count). The number of amides is 1. The average Bonchev–Trinajstić information content (AvgIpc) is 3.22. The molecule has 1 aromatic heterocycles. The molecule has 0 aliphatic heterocycles. The van der Waals surface area contributed by atoms with E-state index in [1.54, 1.807) is 43.7 Å². The third-order valence-electron chi connectivity index (χ3n) is 4.65. The van der Waals surface area contributed by atoms with Crippen molar-refractivity contribution in [2.75, 3.05) is 19.0 Å². The first-order chi connectivity index (χ1) is 15.5. The lowest BCUT2D eigenvalue weighted by molar-refractivity contribution is -0.112. The number of carbonyl (C=O) groups excluding carboxylic acids is 2. The minimum Gasteiger partial charge on any atom is -0.497 e. The van der Waals surface area contributed by atoms with Gasteiger partial charge in [0, 0.05) is 10.9 Å². The zero-order valence-corrected chi connectivity index (χ0v) is 18.8. The third-order valence-corrected chi connectivity index (χ3v) is 5.55. The second-order valence-electron chi connectivity index (χ2n) is 6.84. The van der Waals surface area contributed by atoms with E-state index in [0.29, 0.717) is 21.9 Å². The van der Waals surface area contributed by atoms with Crippen molar-refractivity contribution < 1.29 is 19.1 Å². The molecule has 7 heteroatoms. The monoisotopic (exact) mass is 446 g/mol. The van der Waals surface area contributed by atoms with Crippen molar-refractivity contribution in [2.24, 2.45) is 0 Å². The van der Waals surface area contributed by atoms with Crippen molar-refractivity contribution in [2.45, 2.75) is 13.8 Å². The fourth-order valence-corrected chi connectivity index (χ4v) is 3.94.